The molecule has 0 aliphatic carbocycles. The number of nitrogens with one attached hydrogen (secondary N) is 1. The van der Waals surface area contributed by atoms with Crippen molar-refractivity contribution in [3.8, 4) is 11.3 Å². The van der Waals surface area contributed by atoms with E-state index in [9.17, 15) is 13.2 Å². The number of sulfone groups is 1. The zero-order valence-corrected chi connectivity index (χ0v) is 24.8. The average molecular weight is 563 g/mol. The molecule has 1 aromatic carbocycles. The van der Waals surface area contributed by atoms with Crippen molar-refractivity contribution in [1.29, 1.82) is 0 Å². The van der Waals surface area contributed by atoms with Gasteiger partial charge in [0.1, 0.15) is 6.33 Å². The first kappa shape index (κ1) is 27.0. The number of amides is 1. The van der Waals surface area contributed by atoms with Crippen LogP contribution in [0.2, 0.25) is 0 Å². The van der Waals surface area contributed by atoms with E-state index >= 15 is 0 Å². The fourth-order valence-corrected chi connectivity index (χ4v) is 7.28. The fraction of sp³-hybridized carbons (Fsp3) is 0.500. The molecule has 10 heteroatoms. The minimum absolute atomic E-state index is 0.0378. The van der Waals surface area contributed by atoms with Crippen LogP contribution in [0, 0.1) is 13.8 Å². The molecule has 0 spiro atoms. The van der Waals surface area contributed by atoms with Crippen molar-refractivity contribution in [2.24, 2.45) is 0 Å². The summed E-state index contributed by atoms with van der Waals surface area (Å²) in [6, 6.07) is 6.84. The number of fused-ring (bicyclic) bond motifs is 2. The van der Waals surface area contributed by atoms with E-state index in [1.165, 1.54) is 28.3 Å². The number of carbonyl (C=O) groups excluding carboxylic acids is 1. The number of hydrogen-bond donors (Lipinski definition) is 1. The van der Waals surface area contributed by atoms with Crippen molar-refractivity contribution >= 4 is 32.3 Å². The predicted octanol–water partition coefficient (Wildman–Crippen LogP) is 4.05. The number of likely N-dealkylation sites (tertiary alicyclic amines) is 2. The lowest BCUT2D eigenvalue weighted by molar-refractivity contribution is -0.135. The monoisotopic (exact) mass is 562 g/mol. The van der Waals surface area contributed by atoms with Crippen molar-refractivity contribution in [2.45, 2.75) is 57.6 Å². The molecule has 2 aliphatic rings. The third-order valence-corrected chi connectivity index (χ3v) is 10.6. The molecule has 3 aromatic heterocycles. The van der Waals surface area contributed by atoms with Crippen LogP contribution in [-0.2, 0) is 14.6 Å². The van der Waals surface area contributed by atoms with Crippen LogP contribution in [0.25, 0.3) is 27.8 Å². The van der Waals surface area contributed by atoms with E-state index in [0.29, 0.717) is 31.5 Å². The number of H-pyrrole nitrogens is 1. The Morgan fingerprint density at radius 3 is 2.52 bits per heavy atom. The van der Waals surface area contributed by atoms with Gasteiger partial charge in [-0.25, -0.2) is 17.9 Å². The number of pyridine rings is 1. The van der Waals surface area contributed by atoms with E-state index in [1.807, 2.05) is 4.52 Å². The minimum atomic E-state index is -3.07. The Labute approximate surface area is 235 Å². The molecule has 0 saturated carbocycles. The van der Waals surface area contributed by atoms with Crippen molar-refractivity contribution in [3.05, 3.63) is 53.0 Å². The summed E-state index contributed by atoms with van der Waals surface area (Å²) in [6.45, 7) is 11.5. The molecule has 0 bridgehead atoms. The normalized spacial score (nSPS) is 17.8. The molecule has 9 nitrogen and oxygen atoms in total. The summed E-state index contributed by atoms with van der Waals surface area (Å²) in [5, 5.41) is 5.27. The summed E-state index contributed by atoms with van der Waals surface area (Å²) in [5.74, 6) is 0.820. The molecule has 2 aliphatic heterocycles. The number of aryl methyl sites for hydroxylation is 1. The third-order valence-electron chi connectivity index (χ3n) is 9.06. The van der Waals surface area contributed by atoms with Gasteiger partial charge < -0.3 is 9.88 Å². The summed E-state index contributed by atoms with van der Waals surface area (Å²) in [6.07, 6.45) is 6.94. The predicted molar refractivity (Wildman–Crippen MR) is 157 cm³/mol. The minimum Gasteiger partial charge on any atom is -0.354 e. The van der Waals surface area contributed by atoms with Crippen LogP contribution >= 0.6 is 0 Å². The molecule has 4 aromatic rings. The van der Waals surface area contributed by atoms with Crippen molar-refractivity contribution in [1.82, 2.24) is 29.4 Å². The molecule has 2 fully saturated rings. The van der Waals surface area contributed by atoms with Crippen LogP contribution in [0.1, 0.15) is 60.8 Å². The Kier molecular flexibility index (Phi) is 6.73. The maximum Gasteiger partial charge on any atom is 0.236 e. The van der Waals surface area contributed by atoms with Gasteiger partial charge in [0.15, 0.2) is 15.5 Å². The fourth-order valence-electron chi connectivity index (χ4n) is 6.38. The van der Waals surface area contributed by atoms with Crippen molar-refractivity contribution in [2.75, 3.05) is 39.0 Å². The van der Waals surface area contributed by atoms with Gasteiger partial charge in [-0.2, -0.15) is 5.10 Å². The van der Waals surface area contributed by atoms with E-state index < -0.39 is 15.1 Å². The Morgan fingerprint density at radius 1 is 1.12 bits per heavy atom. The summed E-state index contributed by atoms with van der Waals surface area (Å²) in [4.78, 5) is 24.7. The van der Waals surface area contributed by atoms with Crippen LogP contribution in [-0.4, -0.2) is 87.9 Å². The van der Waals surface area contributed by atoms with Crippen LogP contribution in [0.5, 0.6) is 0 Å². The highest BCUT2D eigenvalue weighted by Gasteiger charge is 2.37. The number of aromatic amines is 1. The highest BCUT2D eigenvalue weighted by molar-refractivity contribution is 7.91. The van der Waals surface area contributed by atoms with Crippen LogP contribution in [0.3, 0.4) is 0 Å². The number of rotatable bonds is 6. The van der Waals surface area contributed by atoms with Crippen molar-refractivity contribution in [3.63, 3.8) is 0 Å². The third kappa shape index (κ3) is 4.71. The van der Waals surface area contributed by atoms with Crippen LogP contribution in [0.15, 0.2) is 30.7 Å². The molecule has 212 valence electrons. The quantitative estimate of drug-likeness (QED) is 0.380. The first-order chi connectivity index (χ1) is 19.0. The number of aromatic nitrogens is 4. The highest BCUT2D eigenvalue weighted by atomic mass is 32.2. The van der Waals surface area contributed by atoms with Gasteiger partial charge in [-0.15, -0.1) is 0 Å². The van der Waals surface area contributed by atoms with Gasteiger partial charge in [0.05, 0.1) is 17.5 Å². The number of benzene rings is 1. The van der Waals surface area contributed by atoms with E-state index in [-0.39, 0.29) is 5.91 Å². The Morgan fingerprint density at radius 2 is 1.85 bits per heavy atom. The number of piperidine rings is 1. The lowest BCUT2D eigenvalue weighted by Gasteiger charge is -2.40. The smallest absolute Gasteiger partial charge is 0.236 e. The van der Waals surface area contributed by atoms with Crippen LogP contribution in [0.4, 0.5) is 0 Å². The Balaban J connectivity index is 1.20. The second kappa shape index (κ2) is 9.99. The largest absolute Gasteiger partial charge is 0.354 e. The van der Waals surface area contributed by atoms with Crippen LogP contribution < -0.4 is 0 Å². The Bertz CT molecular complexity index is 1710. The topological polar surface area (TPSA) is 104 Å². The first-order valence-corrected chi connectivity index (χ1v) is 16.1. The first-order valence-electron chi connectivity index (χ1n) is 14.2. The second-order valence-electron chi connectivity index (χ2n) is 12.0. The van der Waals surface area contributed by atoms with Gasteiger partial charge >= 0.3 is 0 Å². The van der Waals surface area contributed by atoms with Gasteiger partial charge in [-0.1, -0.05) is 19.9 Å². The number of hydrogen-bond acceptors (Lipinski definition) is 6. The van der Waals surface area contributed by atoms with Crippen molar-refractivity contribution < 1.29 is 13.2 Å². The summed E-state index contributed by atoms with van der Waals surface area (Å²) < 4.78 is 25.2. The zero-order valence-electron chi connectivity index (χ0n) is 23.9. The lowest BCUT2D eigenvalue weighted by Crippen LogP contribution is -2.58. The summed E-state index contributed by atoms with van der Waals surface area (Å²) in [5.41, 5.74) is 9.36. The van der Waals surface area contributed by atoms with E-state index in [1.54, 1.807) is 11.2 Å². The van der Waals surface area contributed by atoms with Gasteiger partial charge in [0, 0.05) is 42.0 Å². The maximum atomic E-state index is 12.7. The second-order valence-corrected chi connectivity index (χ2v) is 14.3. The van der Waals surface area contributed by atoms with Gasteiger partial charge in [-0.3, -0.25) is 9.69 Å². The van der Waals surface area contributed by atoms with E-state index in [0.717, 1.165) is 53.9 Å². The molecular formula is C30H38N6O3S. The molecular weight excluding hydrogens is 524 g/mol. The standard InChI is InChI=1S/C30H38N6O3S/c1-18(2)28-24-12-22(21-8-10-34(11-9-21)16-27(37)35-13-23(14-35)40(5,38)39)6-7-26(24)33-29(28)25-15-36-30(31-17-32-36)20(4)19(25)3/h6-7,12,15,17-18,21,23,33H,8-11,13-14,16H2,1-5H3. The highest BCUT2D eigenvalue weighted by Crippen LogP contribution is 2.40. The number of carbonyl (C=O) groups is 1. The molecule has 0 radical (unpaired) electrons. The molecule has 40 heavy (non-hydrogen) atoms. The van der Waals surface area contributed by atoms with E-state index in [2.05, 4.69) is 72.1 Å². The van der Waals surface area contributed by atoms with E-state index in [4.69, 9.17) is 0 Å². The maximum absolute atomic E-state index is 12.7. The molecule has 1 N–H and O–H groups in total. The summed E-state index contributed by atoms with van der Waals surface area (Å²) in [7, 11) is -3.07. The zero-order chi connectivity index (χ0) is 28.3. The molecule has 0 atom stereocenters. The SMILES string of the molecule is Cc1c(-c2[nH]c3ccc(C4CCN(CC(=O)N5CC(S(C)(=O)=O)C5)CC4)cc3c2C(C)C)cn2ncnc2c1C. The Hall–Kier alpha value is -3.24. The summed E-state index contributed by atoms with van der Waals surface area (Å²) >= 11 is 0. The molecule has 6 rings (SSSR count). The molecule has 2 saturated heterocycles. The number of nitrogens with zero attached hydrogens (tertiary/aromatic N) is 5. The van der Waals surface area contributed by atoms with Gasteiger partial charge in [-0.05, 0) is 86.0 Å². The van der Waals surface area contributed by atoms with Gasteiger partial charge in [0.25, 0.3) is 0 Å². The molecule has 5 heterocycles. The van der Waals surface area contributed by atoms with Gasteiger partial charge in [0.2, 0.25) is 5.91 Å². The molecule has 1 amide bonds. The average Bonchev–Trinajstić information content (AvgIpc) is 3.49. The molecule has 0 unspecified atom stereocenters. The lowest BCUT2D eigenvalue weighted by atomic mass is 9.87.